The zero-order chi connectivity index (χ0) is 19.4. The average molecular weight is 428 g/mol. The zero-order valence-electron chi connectivity index (χ0n) is 15.7. The van der Waals surface area contributed by atoms with Crippen LogP contribution in [0.1, 0.15) is 18.4 Å². The van der Waals surface area contributed by atoms with Gasteiger partial charge in [-0.2, -0.15) is 9.40 Å². The third kappa shape index (κ3) is 5.32. The second-order valence-electron chi connectivity index (χ2n) is 6.83. The number of hydrogen-bond donors (Lipinski definition) is 2. The van der Waals surface area contributed by atoms with Crippen LogP contribution in [-0.4, -0.2) is 53.6 Å². The quantitative estimate of drug-likeness (QED) is 0.704. The van der Waals surface area contributed by atoms with Gasteiger partial charge in [-0.1, -0.05) is 30.3 Å². The van der Waals surface area contributed by atoms with Gasteiger partial charge >= 0.3 is 0 Å². The molecule has 0 aliphatic carbocycles. The Morgan fingerprint density at radius 2 is 1.93 bits per heavy atom. The van der Waals surface area contributed by atoms with E-state index in [0.717, 1.165) is 5.56 Å². The molecule has 10 heteroatoms. The predicted molar refractivity (Wildman–Crippen MR) is 109 cm³/mol. The van der Waals surface area contributed by atoms with Crippen LogP contribution in [0.5, 0.6) is 0 Å². The van der Waals surface area contributed by atoms with E-state index < -0.39 is 16.1 Å². The normalized spacial score (nSPS) is 16.9. The van der Waals surface area contributed by atoms with Crippen LogP contribution in [0.4, 0.5) is 0 Å². The molecule has 2 heterocycles. The van der Waals surface area contributed by atoms with E-state index in [1.165, 1.54) is 21.4 Å². The fraction of sp³-hybridized carbons (Fsp3) is 0.444. The second-order valence-corrected chi connectivity index (χ2v) is 8.77. The molecule has 1 amide bonds. The van der Waals surface area contributed by atoms with Gasteiger partial charge in [0.2, 0.25) is 15.9 Å². The van der Waals surface area contributed by atoms with Crippen LogP contribution in [0.25, 0.3) is 0 Å². The number of halogens is 1. The molecule has 8 nitrogen and oxygen atoms in total. The molecule has 0 spiro atoms. The van der Waals surface area contributed by atoms with E-state index in [4.69, 9.17) is 5.73 Å². The molecule has 1 aliphatic heterocycles. The van der Waals surface area contributed by atoms with Crippen LogP contribution in [0.15, 0.2) is 47.6 Å². The summed E-state index contributed by atoms with van der Waals surface area (Å²) in [6.45, 7) is 0.714. The van der Waals surface area contributed by atoms with Crippen molar-refractivity contribution in [1.82, 2.24) is 19.4 Å². The first-order chi connectivity index (χ1) is 12.9. The molecule has 1 aromatic carbocycles. The van der Waals surface area contributed by atoms with Crippen LogP contribution in [0, 0.1) is 0 Å². The smallest absolute Gasteiger partial charge is 0.246 e. The van der Waals surface area contributed by atoms with Crippen LogP contribution >= 0.6 is 12.4 Å². The van der Waals surface area contributed by atoms with Gasteiger partial charge < -0.3 is 11.1 Å². The molecule has 0 saturated carbocycles. The third-order valence-corrected chi connectivity index (χ3v) is 6.61. The van der Waals surface area contributed by atoms with Gasteiger partial charge in [-0.15, -0.1) is 12.4 Å². The molecule has 1 saturated heterocycles. The van der Waals surface area contributed by atoms with Crippen molar-refractivity contribution < 1.29 is 13.2 Å². The molecular weight excluding hydrogens is 402 g/mol. The number of nitrogens with zero attached hydrogens (tertiary/aromatic N) is 3. The molecular formula is C18H26ClN5O3S. The fourth-order valence-corrected chi connectivity index (χ4v) is 4.65. The Hall–Kier alpha value is -1.94. The van der Waals surface area contributed by atoms with Gasteiger partial charge in [-0.05, 0) is 24.8 Å². The Morgan fingerprint density at radius 3 is 2.50 bits per heavy atom. The summed E-state index contributed by atoms with van der Waals surface area (Å²) in [6.07, 6.45) is 4.44. The standard InChI is InChI=1S/C18H25N5O3S.ClH/c1-22-13-16(12-20-22)27(25,26)23-9-7-15(8-10-23)21-18(24)17(19)11-14-5-3-2-4-6-14;/h2-6,12-13,15,17H,7-11,19H2,1H3,(H,21,24);1H/t17-;/m0./s1. The van der Waals surface area contributed by atoms with E-state index in [1.807, 2.05) is 30.3 Å². The highest BCUT2D eigenvalue weighted by molar-refractivity contribution is 7.89. The first kappa shape index (κ1) is 22.4. The van der Waals surface area contributed by atoms with Crippen molar-refractivity contribution in [3.63, 3.8) is 0 Å². The number of aromatic nitrogens is 2. The minimum atomic E-state index is -3.54. The number of amides is 1. The van der Waals surface area contributed by atoms with E-state index >= 15 is 0 Å². The summed E-state index contributed by atoms with van der Waals surface area (Å²) < 4.78 is 28.1. The Labute approximate surface area is 171 Å². The topological polar surface area (TPSA) is 110 Å². The van der Waals surface area contributed by atoms with Crippen LogP contribution < -0.4 is 11.1 Å². The van der Waals surface area contributed by atoms with Crippen molar-refractivity contribution >= 4 is 28.3 Å². The van der Waals surface area contributed by atoms with E-state index in [1.54, 1.807) is 7.05 Å². The Kier molecular flexibility index (Phi) is 7.59. The van der Waals surface area contributed by atoms with Gasteiger partial charge in [0.05, 0.1) is 12.2 Å². The zero-order valence-corrected chi connectivity index (χ0v) is 17.3. The summed E-state index contributed by atoms with van der Waals surface area (Å²) in [4.78, 5) is 12.5. The maximum Gasteiger partial charge on any atom is 0.246 e. The minimum Gasteiger partial charge on any atom is -0.352 e. The number of nitrogens with two attached hydrogens (primary N) is 1. The molecule has 1 aliphatic rings. The van der Waals surface area contributed by atoms with Gasteiger partial charge in [-0.3, -0.25) is 9.48 Å². The van der Waals surface area contributed by atoms with E-state index in [-0.39, 0.29) is 29.3 Å². The maximum absolute atomic E-state index is 12.6. The lowest BCUT2D eigenvalue weighted by atomic mass is 10.0. The van der Waals surface area contributed by atoms with Crippen molar-refractivity contribution in [2.45, 2.75) is 36.2 Å². The van der Waals surface area contributed by atoms with Crippen molar-refractivity contribution in [2.24, 2.45) is 12.8 Å². The molecule has 28 heavy (non-hydrogen) atoms. The van der Waals surface area contributed by atoms with E-state index in [0.29, 0.717) is 32.4 Å². The summed E-state index contributed by atoms with van der Waals surface area (Å²) in [6, 6.07) is 8.94. The summed E-state index contributed by atoms with van der Waals surface area (Å²) in [5.74, 6) is -0.201. The summed E-state index contributed by atoms with van der Waals surface area (Å²) >= 11 is 0. The van der Waals surface area contributed by atoms with Gasteiger partial charge in [0.25, 0.3) is 0 Å². The van der Waals surface area contributed by atoms with Crippen LogP contribution in [0.3, 0.4) is 0 Å². The molecule has 1 fully saturated rings. The monoisotopic (exact) mass is 427 g/mol. The lowest BCUT2D eigenvalue weighted by Crippen LogP contribution is -2.51. The first-order valence-corrected chi connectivity index (χ1v) is 10.4. The fourth-order valence-electron chi connectivity index (χ4n) is 3.19. The molecule has 0 radical (unpaired) electrons. The number of carbonyl (C=O) groups excluding carboxylic acids is 1. The Bertz CT molecular complexity index is 880. The van der Waals surface area contributed by atoms with Crippen LogP contribution in [0.2, 0.25) is 0 Å². The van der Waals surface area contributed by atoms with E-state index in [9.17, 15) is 13.2 Å². The Morgan fingerprint density at radius 1 is 1.29 bits per heavy atom. The Balaban J connectivity index is 0.00000280. The molecule has 2 aromatic rings. The number of hydrogen-bond acceptors (Lipinski definition) is 5. The average Bonchev–Trinajstić information content (AvgIpc) is 3.10. The molecule has 3 rings (SSSR count). The van der Waals surface area contributed by atoms with Gasteiger partial charge in [0.1, 0.15) is 4.90 Å². The molecule has 1 atom stereocenters. The van der Waals surface area contributed by atoms with Crippen molar-refractivity contribution in [3.8, 4) is 0 Å². The summed E-state index contributed by atoms with van der Waals surface area (Å²) in [5.41, 5.74) is 7.03. The minimum absolute atomic E-state index is 0. The number of sulfonamides is 1. The summed E-state index contributed by atoms with van der Waals surface area (Å²) in [7, 11) is -1.86. The number of rotatable bonds is 6. The highest BCUT2D eigenvalue weighted by Crippen LogP contribution is 2.20. The largest absolute Gasteiger partial charge is 0.352 e. The number of carbonyl (C=O) groups is 1. The highest BCUT2D eigenvalue weighted by Gasteiger charge is 2.31. The lowest BCUT2D eigenvalue weighted by Gasteiger charge is -2.31. The van der Waals surface area contributed by atoms with Gasteiger partial charge in [-0.25, -0.2) is 8.42 Å². The number of piperidine rings is 1. The first-order valence-electron chi connectivity index (χ1n) is 8.95. The number of aryl methyl sites for hydroxylation is 1. The van der Waals surface area contributed by atoms with Crippen molar-refractivity contribution in [1.29, 1.82) is 0 Å². The third-order valence-electron chi connectivity index (χ3n) is 4.75. The highest BCUT2D eigenvalue weighted by atomic mass is 35.5. The predicted octanol–water partition coefficient (Wildman–Crippen LogP) is 0.681. The van der Waals surface area contributed by atoms with Crippen LogP contribution in [-0.2, 0) is 28.3 Å². The molecule has 0 bridgehead atoms. The molecule has 1 aromatic heterocycles. The van der Waals surface area contributed by atoms with Gasteiger partial charge in [0, 0.05) is 32.4 Å². The maximum atomic E-state index is 12.6. The SMILES string of the molecule is Cl.Cn1cc(S(=O)(=O)N2CCC(NC(=O)[C@@H](N)Cc3ccccc3)CC2)cn1. The van der Waals surface area contributed by atoms with Gasteiger partial charge in [0.15, 0.2) is 0 Å². The lowest BCUT2D eigenvalue weighted by molar-refractivity contribution is -0.123. The van der Waals surface area contributed by atoms with Crippen molar-refractivity contribution in [2.75, 3.05) is 13.1 Å². The molecule has 154 valence electrons. The number of benzene rings is 1. The van der Waals surface area contributed by atoms with Crippen molar-refractivity contribution in [3.05, 3.63) is 48.3 Å². The van der Waals surface area contributed by atoms with E-state index in [2.05, 4.69) is 10.4 Å². The molecule has 0 unspecified atom stereocenters. The summed E-state index contributed by atoms with van der Waals surface area (Å²) in [5, 5.41) is 6.88. The molecule has 3 N–H and O–H groups in total. The second kappa shape index (κ2) is 9.51. The number of nitrogens with one attached hydrogen (secondary N) is 1.